The summed E-state index contributed by atoms with van der Waals surface area (Å²) in [6, 6.07) is 11.2. The molecule has 1 N–H and O–H groups in total. The summed E-state index contributed by atoms with van der Waals surface area (Å²) in [5.74, 6) is -0.544. The molecule has 2 rings (SSSR count). The average Bonchev–Trinajstić information content (AvgIpc) is 2.41. The third-order valence-corrected chi connectivity index (χ3v) is 6.32. The zero-order chi connectivity index (χ0) is 15.8. The van der Waals surface area contributed by atoms with Crippen LogP contribution in [0, 0.1) is 0 Å². The van der Waals surface area contributed by atoms with Crippen molar-refractivity contribution in [2.45, 2.75) is 18.6 Å². The van der Waals surface area contributed by atoms with Gasteiger partial charge in [-0.2, -0.15) is 0 Å². The summed E-state index contributed by atoms with van der Waals surface area (Å²) >= 11 is 3.46. The average molecular weight is 370 g/mol. The minimum Gasteiger partial charge on any atom is -0.324 e. The van der Waals surface area contributed by atoms with E-state index in [1.165, 1.54) is 13.8 Å². The Morgan fingerprint density at radius 2 is 1.67 bits per heavy atom. The molecule has 2 aromatic rings. The van der Waals surface area contributed by atoms with Gasteiger partial charge in [0.2, 0.25) is 5.91 Å². The Bertz CT molecular complexity index is 813. The molecule has 0 heterocycles. The smallest absolute Gasteiger partial charge is 0.245 e. The number of halogens is 1. The van der Waals surface area contributed by atoms with Crippen molar-refractivity contribution in [3.8, 4) is 0 Å². The fraction of sp³-hybridized carbons (Fsp3) is 0.267. The molecule has 0 unspecified atom stereocenters. The summed E-state index contributed by atoms with van der Waals surface area (Å²) < 4.78 is 22.9. The van der Waals surface area contributed by atoms with E-state index in [4.69, 9.17) is 0 Å². The van der Waals surface area contributed by atoms with Gasteiger partial charge in [-0.05, 0) is 31.4 Å². The number of rotatable bonds is 3. The highest BCUT2D eigenvalue weighted by Gasteiger charge is 2.38. The van der Waals surface area contributed by atoms with E-state index >= 15 is 0 Å². The van der Waals surface area contributed by atoms with Gasteiger partial charge in [0, 0.05) is 21.8 Å². The van der Waals surface area contributed by atoms with E-state index in [1.807, 2.05) is 30.3 Å². The van der Waals surface area contributed by atoms with Crippen LogP contribution in [-0.2, 0) is 14.6 Å². The second-order valence-corrected chi connectivity index (χ2v) is 8.80. The van der Waals surface area contributed by atoms with Gasteiger partial charge in [-0.15, -0.1) is 0 Å². The van der Waals surface area contributed by atoms with Gasteiger partial charge in [0.25, 0.3) is 0 Å². The predicted octanol–water partition coefficient (Wildman–Crippen LogP) is 3.36. The lowest BCUT2D eigenvalue weighted by Crippen LogP contribution is -2.43. The van der Waals surface area contributed by atoms with E-state index in [2.05, 4.69) is 21.2 Å². The molecule has 0 saturated carbocycles. The highest BCUT2D eigenvalue weighted by atomic mass is 79.9. The number of carbonyl (C=O) groups excluding carboxylic acids is 1. The number of benzene rings is 2. The number of fused-ring (bicyclic) bond motifs is 1. The third-order valence-electron chi connectivity index (χ3n) is 3.59. The van der Waals surface area contributed by atoms with Crippen LogP contribution < -0.4 is 5.32 Å². The first-order valence-corrected chi connectivity index (χ1v) is 9.01. The van der Waals surface area contributed by atoms with Gasteiger partial charge in [0.15, 0.2) is 9.84 Å². The second kappa shape index (κ2) is 5.42. The monoisotopic (exact) mass is 369 g/mol. The number of amides is 1. The van der Waals surface area contributed by atoms with Gasteiger partial charge in [-0.1, -0.05) is 40.2 Å². The lowest BCUT2D eigenvalue weighted by molar-refractivity contribution is -0.117. The third kappa shape index (κ3) is 2.96. The minimum absolute atomic E-state index is 0.544. The molecule has 0 spiro atoms. The van der Waals surface area contributed by atoms with Gasteiger partial charge in [-0.3, -0.25) is 4.79 Å². The van der Waals surface area contributed by atoms with Crippen LogP contribution in [0.2, 0.25) is 0 Å². The summed E-state index contributed by atoms with van der Waals surface area (Å²) in [6.45, 7) is 2.80. The van der Waals surface area contributed by atoms with Crippen LogP contribution >= 0.6 is 15.9 Å². The molecule has 112 valence electrons. The maximum absolute atomic E-state index is 12.3. The molecule has 0 saturated heterocycles. The Morgan fingerprint density at radius 1 is 1.10 bits per heavy atom. The van der Waals surface area contributed by atoms with E-state index in [1.54, 1.807) is 6.07 Å². The number of anilines is 1. The number of sulfone groups is 1. The molecule has 4 nitrogen and oxygen atoms in total. The van der Waals surface area contributed by atoms with Crippen molar-refractivity contribution in [3.05, 3.63) is 40.9 Å². The van der Waals surface area contributed by atoms with Crippen molar-refractivity contribution >= 4 is 48.1 Å². The van der Waals surface area contributed by atoms with Gasteiger partial charge in [0.1, 0.15) is 4.75 Å². The van der Waals surface area contributed by atoms with Crippen LogP contribution in [-0.4, -0.2) is 25.3 Å². The van der Waals surface area contributed by atoms with Crippen LogP contribution in [0.25, 0.3) is 10.8 Å². The van der Waals surface area contributed by atoms with Gasteiger partial charge < -0.3 is 5.32 Å². The molecule has 0 aliphatic carbocycles. The second-order valence-electron chi connectivity index (χ2n) is 5.38. The first kappa shape index (κ1) is 16.0. The van der Waals surface area contributed by atoms with Crippen LogP contribution in [0.4, 0.5) is 5.69 Å². The molecule has 2 aromatic carbocycles. The summed E-state index contributed by atoms with van der Waals surface area (Å²) in [7, 11) is -3.50. The fourth-order valence-corrected chi connectivity index (χ4v) is 2.68. The standard InChI is InChI=1S/C15H16BrNO3S/c1-15(2,21(3,19)20)14(18)17-13-9-8-12(16)10-6-4-5-7-11(10)13/h4-9H,1-3H3,(H,17,18). The fourth-order valence-electron chi connectivity index (χ4n) is 1.81. The molecule has 21 heavy (non-hydrogen) atoms. The molecule has 0 aliphatic heterocycles. The first-order chi connectivity index (χ1) is 9.64. The molecule has 0 bridgehead atoms. The van der Waals surface area contributed by atoms with Crippen LogP contribution in [0.5, 0.6) is 0 Å². The number of nitrogens with one attached hydrogen (secondary N) is 1. The van der Waals surface area contributed by atoms with Crippen molar-refractivity contribution in [3.63, 3.8) is 0 Å². The zero-order valence-corrected chi connectivity index (χ0v) is 14.4. The minimum atomic E-state index is -3.50. The van der Waals surface area contributed by atoms with Crippen molar-refractivity contribution in [2.75, 3.05) is 11.6 Å². The topological polar surface area (TPSA) is 63.2 Å². The van der Waals surface area contributed by atoms with Crippen LogP contribution in [0.3, 0.4) is 0 Å². The maximum Gasteiger partial charge on any atom is 0.245 e. The Labute approximate surface area is 132 Å². The predicted molar refractivity (Wildman–Crippen MR) is 89.2 cm³/mol. The quantitative estimate of drug-likeness (QED) is 0.901. The molecule has 0 aromatic heterocycles. The Hall–Kier alpha value is -1.40. The SMILES string of the molecule is CC(C)(C(=O)Nc1ccc(Br)c2ccccc12)S(C)(=O)=O. The lowest BCUT2D eigenvalue weighted by atomic mass is 10.1. The molecule has 0 radical (unpaired) electrons. The highest BCUT2D eigenvalue weighted by Crippen LogP contribution is 2.30. The van der Waals surface area contributed by atoms with Crippen molar-refractivity contribution in [1.29, 1.82) is 0 Å². The summed E-state index contributed by atoms with van der Waals surface area (Å²) in [5.41, 5.74) is 0.593. The zero-order valence-electron chi connectivity index (χ0n) is 12.0. The molecular formula is C15H16BrNO3S. The van der Waals surface area contributed by atoms with Gasteiger partial charge >= 0.3 is 0 Å². The Kier molecular flexibility index (Phi) is 4.13. The molecule has 0 fully saturated rings. The van der Waals surface area contributed by atoms with Gasteiger partial charge in [-0.25, -0.2) is 8.42 Å². The van der Waals surface area contributed by atoms with Crippen LogP contribution in [0.15, 0.2) is 40.9 Å². The van der Waals surface area contributed by atoms with Crippen molar-refractivity contribution in [1.82, 2.24) is 0 Å². The number of hydrogen-bond donors (Lipinski definition) is 1. The van der Waals surface area contributed by atoms with Crippen LogP contribution in [0.1, 0.15) is 13.8 Å². The van der Waals surface area contributed by atoms with Crippen molar-refractivity contribution < 1.29 is 13.2 Å². The van der Waals surface area contributed by atoms with E-state index in [0.717, 1.165) is 21.5 Å². The highest BCUT2D eigenvalue weighted by molar-refractivity contribution is 9.10. The molecule has 1 amide bonds. The first-order valence-electron chi connectivity index (χ1n) is 6.33. The summed E-state index contributed by atoms with van der Waals surface area (Å²) in [6.07, 6.45) is 1.06. The Morgan fingerprint density at radius 3 is 2.24 bits per heavy atom. The maximum atomic E-state index is 12.3. The summed E-state index contributed by atoms with van der Waals surface area (Å²) in [5, 5.41) is 4.52. The van der Waals surface area contributed by atoms with E-state index in [0.29, 0.717) is 5.69 Å². The van der Waals surface area contributed by atoms with E-state index in [-0.39, 0.29) is 0 Å². The molecule has 6 heteroatoms. The van der Waals surface area contributed by atoms with Crippen molar-refractivity contribution in [2.24, 2.45) is 0 Å². The van der Waals surface area contributed by atoms with Gasteiger partial charge in [0.05, 0.1) is 0 Å². The van der Waals surface area contributed by atoms with E-state index in [9.17, 15) is 13.2 Å². The molecule has 0 atom stereocenters. The molecular weight excluding hydrogens is 354 g/mol. The largest absolute Gasteiger partial charge is 0.324 e. The number of carbonyl (C=O) groups is 1. The summed E-state index contributed by atoms with van der Waals surface area (Å²) in [4.78, 5) is 12.3. The number of hydrogen-bond acceptors (Lipinski definition) is 3. The molecule has 0 aliphatic rings. The normalized spacial score (nSPS) is 12.4. The Balaban J connectivity index is 2.46. The lowest BCUT2D eigenvalue weighted by Gasteiger charge is -2.22. The van der Waals surface area contributed by atoms with E-state index < -0.39 is 20.5 Å².